The van der Waals surface area contributed by atoms with Gasteiger partial charge < -0.3 is 20.1 Å². The zero-order chi connectivity index (χ0) is 18.2. The number of carboxylic acids is 1. The van der Waals surface area contributed by atoms with Gasteiger partial charge in [-0.1, -0.05) is 12.2 Å². The summed E-state index contributed by atoms with van der Waals surface area (Å²) < 4.78 is 5.23. The fraction of sp³-hybridized carbons (Fsp3) is 0.368. The van der Waals surface area contributed by atoms with Crippen molar-refractivity contribution in [3.05, 3.63) is 42.1 Å². The maximum Gasteiger partial charge on any atom is 0.311 e. The molecule has 0 aliphatic heterocycles. The summed E-state index contributed by atoms with van der Waals surface area (Å²) in [5.41, 5.74) is 1.56. The van der Waals surface area contributed by atoms with E-state index in [0.29, 0.717) is 6.42 Å². The quantitative estimate of drug-likeness (QED) is 0.704. The number of benzene rings is 1. The number of aromatic amines is 1. The molecular weight excluding hydrogens is 320 g/mol. The van der Waals surface area contributed by atoms with Gasteiger partial charge in [0.2, 0.25) is 5.91 Å². The van der Waals surface area contributed by atoms with E-state index in [0.717, 1.165) is 22.2 Å². The third-order valence-electron chi connectivity index (χ3n) is 4.57. The first kappa shape index (κ1) is 17.1. The molecule has 6 heteroatoms. The van der Waals surface area contributed by atoms with E-state index < -0.39 is 23.3 Å². The minimum atomic E-state index is -0.967. The monoisotopic (exact) mass is 342 g/mol. The van der Waals surface area contributed by atoms with Crippen LogP contribution in [0.4, 0.5) is 0 Å². The van der Waals surface area contributed by atoms with E-state index in [1.807, 2.05) is 38.2 Å². The van der Waals surface area contributed by atoms with Crippen molar-refractivity contribution in [3.63, 3.8) is 0 Å². The Labute approximate surface area is 145 Å². The lowest BCUT2D eigenvalue weighted by Gasteiger charge is -2.31. The number of rotatable bonds is 6. The van der Waals surface area contributed by atoms with Gasteiger partial charge in [-0.25, -0.2) is 0 Å². The lowest BCUT2D eigenvalue weighted by molar-refractivity contribution is -0.145. The number of ether oxygens (including phenoxy) is 1. The lowest BCUT2D eigenvalue weighted by atomic mass is 9.80. The van der Waals surface area contributed by atoms with E-state index in [2.05, 4.69) is 10.3 Å². The number of nitrogens with one attached hydrogen (secondary N) is 2. The van der Waals surface area contributed by atoms with Gasteiger partial charge in [0.25, 0.3) is 0 Å². The van der Waals surface area contributed by atoms with Gasteiger partial charge in [0.05, 0.1) is 18.9 Å². The molecule has 0 spiro atoms. The molecule has 1 aliphatic carbocycles. The second-order valence-electron chi connectivity index (χ2n) is 7.05. The predicted molar refractivity (Wildman–Crippen MR) is 94.5 cm³/mol. The molecule has 3 N–H and O–H groups in total. The van der Waals surface area contributed by atoms with Gasteiger partial charge in [0, 0.05) is 28.7 Å². The molecular formula is C19H22N2O4. The maximum atomic E-state index is 12.4. The Morgan fingerprint density at radius 2 is 2.00 bits per heavy atom. The molecule has 0 fully saturated rings. The highest BCUT2D eigenvalue weighted by Gasteiger charge is 2.37. The van der Waals surface area contributed by atoms with Gasteiger partial charge in [-0.15, -0.1) is 0 Å². The zero-order valence-electron chi connectivity index (χ0n) is 14.5. The molecule has 132 valence electrons. The summed E-state index contributed by atoms with van der Waals surface area (Å²) in [6, 6.07) is 5.83. The Morgan fingerprint density at radius 3 is 2.60 bits per heavy atom. The molecule has 1 aromatic carbocycles. The van der Waals surface area contributed by atoms with Gasteiger partial charge >= 0.3 is 5.97 Å². The molecule has 6 nitrogen and oxygen atoms in total. The van der Waals surface area contributed by atoms with Crippen molar-refractivity contribution in [2.75, 3.05) is 7.11 Å². The molecule has 25 heavy (non-hydrogen) atoms. The maximum absolute atomic E-state index is 12.4. The summed E-state index contributed by atoms with van der Waals surface area (Å²) in [7, 11) is 1.63. The van der Waals surface area contributed by atoms with Gasteiger partial charge in [0.1, 0.15) is 5.75 Å². The largest absolute Gasteiger partial charge is 0.497 e. The van der Waals surface area contributed by atoms with E-state index in [4.69, 9.17) is 9.84 Å². The number of hydrogen-bond acceptors (Lipinski definition) is 3. The van der Waals surface area contributed by atoms with Crippen LogP contribution in [0.2, 0.25) is 0 Å². The Bertz CT molecular complexity index is 850. The smallest absolute Gasteiger partial charge is 0.311 e. The number of aromatic nitrogens is 1. The fourth-order valence-corrected chi connectivity index (χ4v) is 3.20. The summed E-state index contributed by atoms with van der Waals surface area (Å²) in [5, 5.41) is 13.1. The van der Waals surface area contributed by atoms with E-state index in [1.165, 1.54) is 0 Å². The minimum absolute atomic E-state index is 0.249. The Balaban J connectivity index is 1.72. The van der Waals surface area contributed by atoms with Crippen molar-refractivity contribution in [1.82, 2.24) is 10.3 Å². The van der Waals surface area contributed by atoms with Crippen LogP contribution in [0.5, 0.6) is 5.75 Å². The van der Waals surface area contributed by atoms with Crippen molar-refractivity contribution in [3.8, 4) is 5.75 Å². The minimum Gasteiger partial charge on any atom is -0.497 e. The number of carbonyl (C=O) groups is 2. The van der Waals surface area contributed by atoms with E-state index >= 15 is 0 Å². The molecule has 0 radical (unpaired) electrons. The van der Waals surface area contributed by atoms with Crippen LogP contribution in [0.15, 0.2) is 36.5 Å². The second kappa shape index (κ2) is 6.27. The van der Waals surface area contributed by atoms with Crippen LogP contribution >= 0.6 is 0 Å². The molecule has 2 aromatic rings. The third kappa shape index (κ3) is 3.38. The van der Waals surface area contributed by atoms with Gasteiger partial charge in [-0.2, -0.15) is 0 Å². The number of carboxylic acid groups (broad SMARTS) is 1. The number of amides is 1. The molecule has 3 rings (SSSR count). The summed E-state index contributed by atoms with van der Waals surface area (Å²) in [5.74, 6) is -1.75. The van der Waals surface area contributed by atoms with Crippen LogP contribution < -0.4 is 10.1 Å². The highest BCUT2D eigenvalue weighted by Crippen LogP contribution is 2.28. The number of aliphatic carboxylic acids is 1. The first-order valence-electron chi connectivity index (χ1n) is 8.18. The molecule has 2 atom stereocenters. The standard InChI is InChI=1S/C19H22N2O4/c1-19(2,21-17(22)14-6-7-15(14)18(23)24)9-11-10-20-16-8-12(25-3)4-5-13(11)16/h4-8,10,14-15,20H,9H2,1-3H3,(H,21,22)(H,23,24)/t14-,15+/m1/s1. The second-order valence-corrected chi connectivity index (χ2v) is 7.05. The number of methoxy groups -OCH3 is 1. The third-order valence-corrected chi connectivity index (χ3v) is 4.57. The van der Waals surface area contributed by atoms with Crippen LogP contribution in [-0.2, 0) is 16.0 Å². The van der Waals surface area contributed by atoms with Crippen LogP contribution in [0.1, 0.15) is 19.4 Å². The topological polar surface area (TPSA) is 91.4 Å². The normalized spacial score (nSPS) is 19.5. The van der Waals surface area contributed by atoms with Crippen LogP contribution in [0.3, 0.4) is 0 Å². The fourth-order valence-electron chi connectivity index (χ4n) is 3.20. The van der Waals surface area contributed by atoms with Crippen LogP contribution in [-0.4, -0.2) is 34.6 Å². The van der Waals surface area contributed by atoms with Crippen molar-refractivity contribution < 1.29 is 19.4 Å². The number of carbonyl (C=O) groups excluding carboxylic acids is 1. The van der Waals surface area contributed by atoms with Crippen LogP contribution in [0.25, 0.3) is 10.9 Å². The Kier molecular flexibility index (Phi) is 4.29. The van der Waals surface area contributed by atoms with Crippen LogP contribution in [0, 0.1) is 11.8 Å². The molecule has 0 saturated heterocycles. The lowest BCUT2D eigenvalue weighted by Crippen LogP contribution is -2.50. The molecule has 0 unspecified atom stereocenters. The summed E-state index contributed by atoms with van der Waals surface area (Å²) in [6.07, 6.45) is 5.75. The van der Waals surface area contributed by atoms with E-state index in [1.54, 1.807) is 19.3 Å². The van der Waals surface area contributed by atoms with Crippen molar-refractivity contribution in [2.45, 2.75) is 25.8 Å². The van der Waals surface area contributed by atoms with Gasteiger partial charge in [-0.3, -0.25) is 9.59 Å². The average molecular weight is 342 g/mol. The Hall–Kier alpha value is -2.76. The average Bonchev–Trinajstić information content (AvgIpc) is 2.86. The first-order chi connectivity index (χ1) is 11.8. The van der Waals surface area contributed by atoms with Gasteiger partial charge in [-0.05, 0) is 38.0 Å². The Morgan fingerprint density at radius 1 is 1.28 bits per heavy atom. The van der Waals surface area contributed by atoms with Gasteiger partial charge in [0.15, 0.2) is 0 Å². The van der Waals surface area contributed by atoms with Crippen molar-refractivity contribution in [1.29, 1.82) is 0 Å². The molecule has 1 heterocycles. The molecule has 0 bridgehead atoms. The molecule has 1 aromatic heterocycles. The summed E-state index contributed by atoms with van der Waals surface area (Å²) in [6.45, 7) is 3.87. The predicted octanol–water partition coefficient (Wildman–Crippen LogP) is 2.50. The summed E-state index contributed by atoms with van der Waals surface area (Å²) >= 11 is 0. The number of hydrogen-bond donors (Lipinski definition) is 3. The van der Waals surface area contributed by atoms with Crippen molar-refractivity contribution >= 4 is 22.8 Å². The molecule has 0 saturated carbocycles. The molecule has 1 aliphatic rings. The highest BCUT2D eigenvalue weighted by molar-refractivity contribution is 5.90. The van der Waals surface area contributed by atoms with Crippen molar-refractivity contribution in [2.24, 2.45) is 11.8 Å². The number of fused-ring (bicyclic) bond motifs is 1. The first-order valence-corrected chi connectivity index (χ1v) is 8.18. The van der Waals surface area contributed by atoms with E-state index in [9.17, 15) is 9.59 Å². The number of H-pyrrole nitrogens is 1. The molecule has 1 amide bonds. The highest BCUT2D eigenvalue weighted by atomic mass is 16.5. The summed E-state index contributed by atoms with van der Waals surface area (Å²) in [4.78, 5) is 26.7. The SMILES string of the molecule is COc1ccc2c(CC(C)(C)NC(=O)[C@@H]3C=C[C@@H]3C(=O)O)c[nH]c2c1. The van der Waals surface area contributed by atoms with E-state index in [-0.39, 0.29) is 5.91 Å². The zero-order valence-corrected chi connectivity index (χ0v) is 14.5.